The van der Waals surface area contributed by atoms with Crippen molar-refractivity contribution < 1.29 is 9.26 Å². The molecule has 0 saturated carbocycles. The maximum absolute atomic E-state index is 5.62. The first kappa shape index (κ1) is 13.4. The molecule has 1 heterocycles. The van der Waals surface area contributed by atoms with Gasteiger partial charge in [0.25, 0.3) is 5.89 Å². The van der Waals surface area contributed by atoms with Crippen molar-refractivity contribution in [2.45, 2.75) is 20.5 Å². The van der Waals surface area contributed by atoms with E-state index >= 15 is 0 Å². The molecule has 3 aromatic rings. The van der Waals surface area contributed by atoms with Gasteiger partial charge in [-0.05, 0) is 32.0 Å². The quantitative estimate of drug-likeness (QED) is 0.726. The molecule has 0 atom stereocenters. The summed E-state index contributed by atoms with van der Waals surface area (Å²) in [5, 5.41) is 3.99. The summed E-state index contributed by atoms with van der Waals surface area (Å²) >= 11 is 0. The van der Waals surface area contributed by atoms with Crippen LogP contribution in [0, 0.1) is 13.8 Å². The van der Waals surface area contributed by atoms with Crippen molar-refractivity contribution in [2.24, 2.45) is 0 Å². The average molecular weight is 280 g/mol. The van der Waals surface area contributed by atoms with Crippen LogP contribution in [-0.2, 0) is 6.61 Å². The van der Waals surface area contributed by atoms with Gasteiger partial charge in [0.2, 0.25) is 5.82 Å². The van der Waals surface area contributed by atoms with Crippen LogP contribution in [0.1, 0.15) is 17.0 Å². The summed E-state index contributed by atoms with van der Waals surface area (Å²) in [6, 6.07) is 15.8. The maximum atomic E-state index is 5.62. The Hall–Kier alpha value is -2.62. The van der Waals surface area contributed by atoms with Gasteiger partial charge >= 0.3 is 0 Å². The highest BCUT2D eigenvalue weighted by Gasteiger charge is 2.09. The largest absolute Gasteiger partial charge is 0.484 e. The molecule has 0 unspecified atom stereocenters. The fraction of sp³-hybridized carbons (Fsp3) is 0.176. The smallest absolute Gasteiger partial charge is 0.264 e. The molecule has 0 bridgehead atoms. The van der Waals surface area contributed by atoms with E-state index in [0.717, 1.165) is 16.9 Å². The molecule has 3 rings (SSSR count). The van der Waals surface area contributed by atoms with Crippen LogP contribution in [0.4, 0.5) is 0 Å². The molecule has 4 nitrogen and oxygen atoms in total. The van der Waals surface area contributed by atoms with Gasteiger partial charge in [-0.3, -0.25) is 0 Å². The SMILES string of the molecule is Cc1ccc(OCc2nc(-c3cccc(C)c3)no2)cc1. The average Bonchev–Trinajstić information content (AvgIpc) is 2.96. The first-order chi connectivity index (χ1) is 10.2. The summed E-state index contributed by atoms with van der Waals surface area (Å²) in [7, 11) is 0. The van der Waals surface area contributed by atoms with Crippen LogP contribution in [0.15, 0.2) is 53.1 Å². The van der Waals surface area contributed by atoms with Gasteiger partial charge in [0.1, 0.15) is 5.75 Å². The normalized spacial score (nSPS) is 10.6. The van der Waals surface area contributed by atoms with Crippen molar-refractivity contribution >= 4 is 0 Å². The molecule has 21 heavy (non-hydrogen) atoms. The fourth-order valence-electron chi connectivity index (χ4n) is 1.99. The number of rotatable bonds is 4. The van der Waals surface area contributed by atoms with Gasteiger partial charge in [-0.1, -0.05) is 46.6 Å². The Morgan fingerprint density at radius 1 is 1.00 bits per heavy atom. The van der Waals surface area contributed by atoms with E-state index in [2.05, 4.69) is 10.1 Å². The minimum Gasteiger partial charge on any atom is -0.484 e. The standard InChI is InChI=1S/C17H16N2O2/c1-12-6-8-15(9-7-12)20-11-16-18-17(19-21-16)14-5-3-4-13(2)10-14/h3-10H,11H2,1-2H3. The molecular formula is C17H16N2O2. The summed E-state index contributed by atoms with van der Waals surface area (Å²) in [4.78, 5) is 4.35. The number of aromatic nitrogens is 2. The number of ether oxygens (including phenoxy) is 1. The highest BCUT2D eigenvalue weighted by atomic mass is 16.5. The zero-order valence-electron chi connectivity index (χ0n) is 12.0. The fourth-order valence-corrected chi connectivity index (χ4v) is 1.99. The number of hydrogen-bond donors (Lipinski definition) is 0. The molecule has 4 heteroatoms. The number of benzene rings is 2. The first-order valence-corrected chi connectivity index (χ1v) is 6.80. The molecule has 0 aliphatic heterocycles. The summed E-state index contributed by atoms with van der Waals surface area (Å²) < 4.78 is 10.8. The Bertz CT molecular complexity index is 733. The maximum Gasteiger partial charge on any atom is 0.264 e. The Balaban J connectivity index is 1.69. The van der Waals surface area contributed by atoms with Crippen LogP contribution in [0.5, 0.6) is 5.75 Å². The second-order valence-corrected chi connectivity index (χ2v) is 4.98. The monoisotopic (exact) mass is 280 g/mol. The van der Waals surface area contributed by atoms with E-state index in [1.807, 2.05) is 62.4 Å². The number of hydrogen-bond acceptors (Lipinski definition) is 4. The van der Waals surface area contributed by atoms with E-state index in [0.29, 0.717) is 11.7 Å². The number of aryl methyl sites for hydroxylation is 2. The van der Waals surface area contributed by atoms with Gasteiger partial charge in [0, 0.05) is 5.56 Å². The van der Waals surface area contributed by atoms with Crippen LogP contribution in [0.2, 0.25) is 0 Å². The Morgan fingerprint density at radius 3 is 2.57 bits per heavy atom. The molecule has 0 N–H and O–H groups in total. The third-order valence-corrected chi connectivity index (χ3v) is 3.13. The summed E-state index contributed by atoms with van der Waals surface area (Å²) in [5.74, 6) is 1.84. The van der Waals surface area contributed by atoms with Gasteiger partial charge in [-0.15, -0.1) is 0 Å². The molecule has 0 saturated heterocycles. The predicted octanol–water partition coefficient (Wildman–Crippen LogP) is 3.93. The lowest BCUT2D eigenvalue weighted by atomic mass is 10.1. The zero-order chi connectivity index (χ0) is 14.7. The van der Waals surface area contributed by atoms with E-state index in [9.17, 15) is 0 Å². The molecule has 2 aromatic carbocycles. The summed E-state index contributed by atoms with van der Waals surface area (Å²) in [6.45, 7) is 4.34. The molecule has 1 aromatic heterocycles. The van der Waals surface area contributed by atoms with Gasteiger partial charge in [0.05, 0.1) is 0 Å². The molecule has 0 aliphatic carbocycles. The van der Waals surface area contributed by atoms with Gasteiger partial charge in [0.15, 0.2) is 6.61 Å². The third-order valence-electron chi connectivity index (χ3n) is 3.13. The highest BCUT2D eigenvalue weighted by Crippen LogP contribution is 2.18. The van der Waals surface area contributed by atoms with Crippen LogP contribution in [-0.4, -0.2) is 10.1 Å². The number of nitrogens with zero attached hydrogens (tertiary/aromatic N) is 2. The molecule has 0 amide bonds. The molecular weight excluding hydrogens is 264 g/mol. The minimum atomic E-state index is 0.266. The summed E-state index contributed by atoms with van der Waals surface area (Å²) in [6.07, 6.45) is 0. The molecule has 0 radical (unpaired) electrons. The van der Waals surface area contributed by atoms with E-state index < -0.39 is 0 Å². The lowest BCUT2D eigenvalue weighted by Gasteiger charge is -2.02. The minimum absolute atomic E-state index is 0.266. The van der Waals surface area contributed by atoms with Crippen molar-refractivity contribution in [3.63, 3.8) is 0 Å². The predicted molar refractivity (Wildman–Crippen MR) is 80.0 cm³/mol. The second kappa shape index (κ2) is 5.79. The molecule has 0 spiro atoms. The topological polar surface area (TPSA) is 48.2 Å². The van der Waals surface area contributed by atoms with Crippen molar-refractivity contribution in [1.82, 2.24) is 10.1 Å². The van der Waals surface area contributed by atoms with Crippen molar-refractivity contribution in [3.8, 4) is 17.1 Å². The van der Waals surface area contributed by atoms with Crippen molar-refractivity contribution in [2.75, 3.05) is 0 Å². The second-order valence-electron chi connectivity index (χ2n) is 4.98. The lowest BCUT2D eigenvalue weighted by Crippen LogP contribution is -1.95. The lowest BCUT2D eigenvalue weighted by molar-refractivity contribution is 0.243. The van der Waals surface area contributed by atoms with Crippen LogP contribution < -0.4 is 4.74 Å². The van der Waals surface area contributed by atoms with Crippen molar-refractivity contribution in [3.05, 3.63) is 65.5 Å². The van der Waals surface area contributed by atoms with E-state index in [1.54, 1.807) is 0 Å². The molecule has 106 valence electrons. The highest BCUT2D eigenvalue weighted by molar-refractivity contribution is 5.55. The van der Waals surface area contributed by atoms with Gasteiger partial charge in [-0.2, -0.15) is 4.98 Å². The van der Waals surface area contributed by atoms with Gasteiger partial charge < -0.3 is 9.26 Å². The Labute approximate surface area is 123 Å². The van der Waals surface area contributed by atoms with Crippen LogP contribution >= 0.6 is 0 Å². The summed E-state index contributed by atoms with van der Waals surface area (Å²) in [5.41, 5.74) is 3.30. The van der Waals surface area contributed by atoms with Crippen LogP contribution in [0.25, 0.3) is 11.4 Å². The van der Waals surface area contributed by atoms with E-state index in [-0.39, 0.29) is 6.61 Å². The third kappa shape index (κ3) is 3.28. The van der Waals surface area contributed by atoms with Crippen LogP contribution in [0.3, 0.4) is 0 Å². The molecule has 0 aliphatic rings. The van der Waals surface area contributed by atoms with E-state index in [1.165, 1.54) is 5.56 Å². The van der Waals surface area contributed by atoms with Gasteiger partial charge in [-0.25, -0.2) is 0 Å². The Morgan fingerprint density at radius 2 is 1.81 bits per heavy atom. The van der Waals surface area contributed by atoms with E-state index in [4.69, 9.17) is 9.26 Å². The Kier molecular flexibility index (Phi) is 3.69. The van der Waals surface area contributed by atoms with Crippen molar-refractivity contribution in [1.29, 1.82) is 0 Å². The first-order valence-electron chi connectivity index (χ1n) is 6.80. The zero-order valence-corrected chi connectivity index (χ0v) is 12.0. The molecule has 0 fully saturated rings.